The van der Waals surface area contributed by atoms with Crippen molar-refractivity contribution in [1.29, 1.82) is 0 Å². The van der Waals surface area contributed by atoms with Gasteiger partial charge in [0.1, 0.15) is 11.6 Å². The second kappa shape index (κ2) is 6.00. The summed E-state index contributed by atoms with van der Waals surface area (Å²) in [6, 6.07) is 3.24. The van der Waals surface area contributed by atoms with E-state index in [1.54, 1.807) is 0 Å². The number of amides is 1. The third-order valence-electron chi connectivity index (χ3n) is 2.49. The van der Waals surface area contributed by atoms with E-state index in [2.05, 4.69) is 21.2 Å². The molecule has 1 atom stereocenters. The molecule has 2 N–H and O–H groups in total. The number of hydrogen-bond donors (Lipinski definition) is 2. The number of nitrogens with one attached hydrogen (secondary N) is 1. The predicted molar refractivity (Wildman–Crippen MR) is 68.0 cm³/mol. The van der Waals surface area contributed by atoms with E-state index in [0.29, 0.717) is 5.33 Å². The molecule has 0 aliphatic carbocycles. The van der Waals surface area contributed by atoms with Crippen LogP contribution in [0.4, 0.5) is 4.39 Å². The van der Waals surface area contributed by atoms with Gasteiger partial charge in [0.25, 0.3) is 5.91 Å². The Hall–Kier alpha value is -1.10. The molecule has 0 saturated heterocycles. The van der Waals surface area contributed by atoms with Crippen molar-refractivity contribution in [2.75, 3.05) is 5.33 Å². The second-order valence-corrected chi connectivity index (χ2v) is 4.79. The van der Waals surface area contributed by atoms with Crippen LogP contribution in [0.1, 0.15) is 24.2 Å². The highest BCUT2D eigenvalue weighted by molar-refractivity contribution is 9.09. The number of phenols is 1. The number of phenolic OH excluding ortho intramolecular Hbond substituents is 1. The Labute approximate surface area is 108 Å². The van der Waals surface area contributed by atoms with Crippen molar-refractivity contribution in [2.24, 2.45) is 5.92 Å². The minimum atomic E-state index is -0.548. The molecule has 0 heterocycles. The summed E-state index contributed by atoms with van der Waals surface area (Å²) in [5.74, 6) is -0.997. The van der Waals surface area contributed by atoms with Gasteiger partial charge in [0, 0.05) is 11.4 Å². The van der Waals surface area contributed by atoms with E-state index in [4.69, 9.17) is 0 Å². The lowest BCUT2D eigenvalue weighted by atomic mass is 10.1. The lowest BCUT2D eigenvalue weighted by Crippen LogP contribution is -2.39. The molecule has 1 unspecified atom stereocenters. The Morgan fingerprint density at radius 3 is 2.71 bits per heavy atom. The molecule has 0 aliphatic heterocycles. The molecule has 17 heavy (non-hydrogen) atoms. The van der Waals surface area contributed by atoms with E-state index in [1.807, 2.05) is 13.8 Å². The quantitative estimate of drug-likeness (QED) is 0.840. The van der Waals surface area contributed by atoms with Crippen molar-refractivity contribution >= 4 is 21.8 Å². The van der Waals surface area contributed by atoms with Crippen LogP contribution >= 0.6 is 15.9 Å². The monoisotopic (exact) mass is 303 g/mol. The Balaban J connectivity index is 2.86. The number of carbonyl (C=O) groups excluding carboxylic acids is 1. The number of rotatable bonds is 4. The van der Waals surface area contributed by atoms with Gasteiger partial charge in [-0.05, 0) is 24.1 Å². The van der Waals surface area contributed by atoms with Gasteiger partial charge in [-0.3, -0.25) is 4.79 Å². The van der Waals surface area contributed by atoms with Crippen LogP contribution in [0.25, 0.3) is 0 Å². The third-order valence-corrected chi connectivity index (χ3v) is 3.19. The van der Waals surface area contributed by atoms with Crippen LogP contribution in [-0.2, 0) is 0 Å². The van der Waals surface area contributed by atoms with Crippen LogP contribution in [0, 0.1) is 11.7 Å². The third kappa shape index (κ3) is 3.70. The van der Waals surface area contributed by atoms with E-state index >= 15 is 0 Å². The molecule has 1 aromatic carbocycles. The smallest absolute Gasteiger partial charge is 0.255 e. The summed E-state index contributed by atoms with van der Waals surface area (Å²) in [6.07, 6.45) is 0. The van der Waals surface area contributed by atoms with Crippen LogP contribution in [-0.4, -0.2) is 22.4 Å². The van der Waals surface area contributed by atoms with Gasteiger partial charge in [0.05, 0.1) is 5.56 Å². The molecule has 94 valence electrons. The summed E-state index contributed by atoms with van der Waals surface area (Å²) in [4.78, 5) is 11.8. The molecule has 1 rings (SSSR count). The normalized spacial score (nSPS) is 12.5. The Morgan fingerprint density at radius 1 is 1.53 bits per heavy atom. The highest BCUT2D eigenvalue weighted by Gasteiger charge is 2.18. The van der Waals surface area contributed by atoms with Crippen LogP contribution in [0.15, 0.2) is 18.2 Å². The van der Waals surface area contributed by atoms with Crippen LogP contribution in [0.2, 0.25) is 0 Å². The van der Waals surface area contributed by atoms with E-state index in [1.165, 1.54) is 6.07 Å². The average molecular weight is 304 g/mol. The van der Waals surface area contributed by atoms with Gasteiger partial charge in [-0.1, -0.05) is 29.8 Å². The molecule has 0 aromatic heterocycles. The zero-order valence-electron chi connectivity index (χ0n) is 9.71. The van der Waals surface area contributed by atoms with Crippen LogP contribution in [0.5, 0.6) is 5.75 Å². The first-order valence-corrected chi connectivity index (χ1v) is 6.43. The molecule has 0 radical (unpaired) electrons. The molecule has 0 spiro atoms. The maximum atomic E-state index is 13.0. The van der Waals surface area contributed by atoms with Crippen LogP contribution < -0.4 is 5.32 Å². The number of alkyl halides is 1. The van der Waals surface area contributed by atoms with Gasteiger partial charge in [0.15, 0.2) is 0 Å². The van der Waals surface area contributed by atoms with Crippen molar-refractivity contribution < 1.29 is 14.3 Å². The van der Waals surface area contributed by atoms with Gasteiger partial charge < -0.3 is 10.4 Å². The molecule has 1 amide bonds. The predicted octanol–water partition coefficient (Wildman–Crippen LogP) is 2.68. The highest BCUT2D eigenvalue weighted by atomic mass is 79.9. The first-order valence-electron chi connectivity index (χ1n) is 5.31. The molecule has 0 fully saturated rings. The highest BCUT2D eigenvalue weighted by Crippen LogP contribution is 2.18. The van der Waals surface area contributed by atoms with E-state index in [0.717, 1.165) is 12.1 Å². The topological polar surface area (TPSA) is 49.3 Å². The number of hydrogen-bond acceptors (Lipinski definition) is 2. The van der Waals surface area contributed by atoms with E-state index < -0.39 is 11.7 Å². The molecule has 0 saturated carbocycles. The molecule has 0 aliphatic rings. The molecule has 1 aromatic rings. The maximum Gasteiger partial charge on any atom is 0.255 e. The summed E-state index contributed by atoms with van der Waals surface area (Å²) < 4.78 is 13.0. The summed E-state index contributed by atoms with van der Waals surface area (Å²) in [5.41, 5.74) is -0.0448. The molecular formula is C12H15BrFNO2. The summed E-state index contributed by atoms with van der Waals surface area (Å²) in [7, 11) is 0. The first-order chi connectivity index (χ1) is 7.95. The minimum Gasteiger partial charge on any atom is -0.507 e. The summed E-state index contributed by atoms with van der Waals surface area (Å²) >= 11 is 3.30. The Morgan fingerprint density at radius 2 is 2.18 bits per heavy atom. The average Bonchev–Trinajstić information content (AvgIpc) is 2.28. The molecule has 3 nitrogen and oxygen atoms in total. The fraction of sp³-hybridized carbons (Fsp3) is 0.417. The largest absolute Gasteiger partial charge is 0.507 e. The number of benzene rings is 1. The van der Waals surface area contributed by atoms with Gasteiger partial charge in [0.2, 0.25) is 0 Å². The van der Waals surface area contributed by atoms with E-state index in [9.17, 15) is 14.3 Å². The zero-order valence-corrected chi connectivity index (χ0v) is 11.3. The lowest BCUT2D eigenvalue weighted by Gasteiger charge is -2.20. The van der Waals surface area contributed by atoms with Crippen molar-refractivity contribution in [1.82, 2.24) is 5.32 Å². The number of halogens is 2. The lowest BCUT2D eigenvalue weighted by molar-refractivity contribution is 0.0928. The fourth-order valence-electron chi connectivity index (χ4n) is 1.32. The summed E-state index contributed by atoms with van der Waals surface area (Å²) in [6.45, 7) is 3.94. The van der Waals surface area contributed by atoms with Gasteiger partial charge in [-0.25, -0.2) is 4.39 Å². The zero-order chi connectivity index (χ0) is 13.0. The van der Waals surface area contributed by atoms with E-state index in [-0.39, 0.29) is 23.3 Å². The van der Waals surface area contributed by atoms with Crippen molar-refractivity contribution in [3.8, 4) is 5.75 Å². The maximum absolute atomic E-state index is 13.0. The van der Waals surface area contributed by atoms with Crippen LogP contribution in [0.3, 0.4) is 0 Å². The fourth-order valence-corrected chi connectivity index (χ4v) is 2.23. The van der Waals surface area contributed by atoms with Crippen molar-refractivity contribution in [2.45, 2.75) is 19.9 Å². The number of carbonyl (C=O) groups is 1. The van der Waals surface area contributed by atoms with Gasteiger partial charge in [-0.15, -0.1) is 0 Å². The second-order valence-electron chi connectivity index (χ2n) is 4.14. The SMILES string of the molecule is CC(C)C(CBr)NC(=O)c1cc(F)ccc1O. The summed E-state index contributed by atoms with van der Waals surface area (Å²) in [5, 5.41) is 12.8. The Kier molecular flexibility index (Phi) is 4.93. The minimum absolute atomic E-state index is 0.0448. The van der Waals surface area contributed by atoms with Gasteiger partial charge >= 0.3 is 0 Å². The van der Waals surface area contributed by atoms with Crippen molar-refractivity contribution in [3.05, 3.63) is 29.6 Å². The number of aromatic hydroxyl groups is 1. The molecule has 5 heteroatoms. The molecule has 0 bridgehead atoms. The Bertz CT molecular complexity index is 409. The molecular weight excluding hydrogens is 289 g/mol. The first kappa shape index (κ1) is 14.0. The van der Waals surface area contributed by atoms with Gasteiger partial charge in [-0.2, -0.15) is 0 Å². The van der Waals surface area contributed by atoms with Crippen molar-refractivity contribution in [3.63, 3.8) is 0 Å². The standard InChI is InChI=1S/C12H15BrFNO2/c1-7(2)10(6-13)15-12(17)9-5-8(14)3-4-11(9)16/h3-5,7,10,16H,6H2,1-2H3,(H,15,17).